The number of rotatable bonds is 2. The number of halogens is 2. The number of furan rings is 1. The van der Waals surface area contributed by atoms with Crippen LogP contribution in [0.5, 0.6) is 0 Å². The summed E-state index contributed by atoms with van der Waals surface area (Å²) >= 11 is 13.6. The topological polar surface area (TPSA) is 47.5 Å². The van der Waals surface area contributed by atoms with Crippen molar-refractivity contribution in [2.75, 3.05) is 0 Å². The minimum absolute atomic E-state index is 0.0972. The highest BCUT2D eigenvalue weighted by molar-refractivity contribution is 7.15. The molecule has 0 aliphatic heterocycles. The molecule has 0 aliphatic carbocycles. The normalized spacial score (nSPS) is 12.5. The second-order valence-electron chi connectivity index (χ2n) is 6.92. The van der Waals surface area contributed by atoms with Crippen LogP contribution >= 0.6 is 34.5 Å². The molecule has 29 heavy (non-hydrogen) atoms. The summed E-state index contributed by atoms with van der Waals surface area (Å²) in [5.74, 6) is 1.19. The number of hydrogen-bond donors (Lipinski definition) is 0. The van der Waals surface area contributed by atoms with Crippen LogP contribution in [0.15, 0.2) is 51.7 Å². The molecule has 3 heterocycles. The van der Waals surface area contributed by atoms with Crippen molar-refractivity contribution in [3.63, 3.8) is 0 Å². The molecule has 0 saturated heterocycles. The predicted octanol–water partition coefficient (Wildman–Crippen LogP) is 5.64. The lowest BCUT2D eigenvalue weighted by molar-refractivity contribution is 0.571. The number of thiazole rings is 1. The Bertz CT molecular complexity index is 1530. The van der Waals surface area contributed by atoms with E-state index in [0.29, 0.717) is 31.1 Å². The van der Waals surface area contributed by atoms with E-state index in [1.165, 1.54) is 11.3 Å². The van der Waals surface area contributed by atoms with E-state index in [2.05, 4.69) is 11.1 Å². The Labute approximate surface area is 179 Å². The molecule has 3 aromatic heterocycles. The number of aryl methyl sites for hydroxylation is 2. The summed E-state index contributed by atoms with van der Waals surface area (Å²) in [6.45, 7) is 4.03. The van der Waals surface area contributed by atoms with Gasteiger partial charge in [-0.25, -0.2) is 9.38 Å². The SMILES string of the molecule is Cc1cc(C)c2nc3s/c(=C\c4ccc(-c5ccc(Cl)cc5Cl)o4)c(=O)n3c2c1. The quantitative estimate of drug-likeness (QED) is 0.356. The monoisotopic (exact) mass is 440 g/mol. The summed E-state index contributed by atoms with van der Waals surface area (Å²) in [4.78, 5) is 18.4. The van der Waals surface area contributed by atoms with Gasteiger partial charge in [-0.15, -0.1) is 0 Å². The number of nitrogens with zero attached hydrogens (tertiary/aromatic N) is 2. The molecule has 0 bridgehead atoms. The van der Waals surface area contributed by atoms with Crippen LogP contribution < -0.4 is 10.1 Å². The van der Waals surface area contributed by atoms with Crippen LogP contribution in [0.2, 0.25) is 10.0 Å². The minimum Gasteiger partial charge on any atom is -0.457 e. The van der Waals surface area contributed by atoms with E-state index >= 15 is 0 Å². The van der Waals surface area contributed by atoms with E-state index in [9.17, 15) is 4.79 Å². The lowest BCUT2D eigenvalue weighted by Gasteiger charge is -2.00. The summed E-state index contributed by atoms with van der Waals surface area (Å²) in [6.07, 6.45) is 1.74. The Hall–Kier alpha value is -2.60. The van der Waals surface area contributed by atoms with Gasteiger partial charge in [0, 0.05) is 16.7 Å². The van der Waals surface area contributed by atoms with Gasteiger partial charge in [-0.2, -0.15) is 0 Å². The van der Waals surface area contributed by atoms with Crippen LogP contribution in [0, 0.1) is 13.8 Å². The molecule has 0 atom stereocenters. The Kier molecular flexibility index (Phi) is 4.28. The maximum Gasteiger partial charge on any atom is 0.275 e. The Morgan fingerprint density at radius 2 is 1.93 bits per heavy atom. The fourth-order valence-electron chi connectivity index (χ4n) is 3.50. The van der Waals surface area contributed by atoms with Crippen molar-refractivity contribution < 1.29 is 4.42 Å². The predicted molar refractivity (Wildman–Crippen MR) is 119 cm³/mol. The van der Waals surface area contributed by atoms with Gasteiger partial charge < -0.3 is 4.42 Å². The number of benzene rings is 2. The molecule has 0 spiro atoms. The van der Waals surface area contributed by atoms with Crippen molar-refractivity contribution in [2.24, 2.45) is 0 Å². The number of aromatic nitrogens is 2. The molecule has 7 heteroatoms. The van der Waals surface area contributed by atoms with E-state index in [4.69, 9.17) is 27.6 Å². The van der Waals surface area contributed by atoms with Crippen LogP contribution in [-0.2, 0) is 0 Å². The summed E-state index contributed by atoms with van der Waals surface area (Å²) < 4.78 is 8.14. The summed E-state index contributed by atoms with van der Waals surface area (Å²) in [6, 6.07) is 12.9. The van der Waals surface area contributed by atoms with Crippen LogP contribution in [0.1, 0.15) is 16.9 Å². The molecule has 0 amide bonds. The van der Waals surface area contributed by atoms with Gasteiger partial charge in [0.25, 0.3) is 5.56 Å². The molecule has 0 N–H and O–H groups in total. The van der Waals surface area contributed by atoms with Gasteiger partial charge in [-0.05, 0) is 61.4 Å². The van der Waals surface area contributed by atoms with Crippen LogP contribution in [0.25, 0.3) is 33.4 Å². The molecule has 4 nitrogen and oxygen atoms in total. The first-order valence-corrected chi connectivity index (χ1v) is 10.5. The first-order chi connectivity index (χ1) is 13.9. The fraction of sp³-hybridized carbons (Fsp3) is 0.0909. The zero-order chi connectivity index (χ0) is 20.3. The molecule has 0 aliphatic rings. The van der Waals surface area contributed by atoms with E-state index < -0.39 is 0 Å². The molecule has 0 fully saturated rings. The second-order valence-corrected chi connectivity index (χ2v) is 8.77. The van der Waals surface area contributed by atoms with E-state index in [-0.39, 0.29) is 5.56 Å². The largest absolute Gasteiger partial charge is 0.457 e. The first kappa shape index (κ1) is 18.4. The van der Waals surface area contributed by atoms with Gasteiger partial charge in [0.1, 0.15) is 16.1 Å². The van der Waals surface area contributed by atoms with Crippen molar-refractivity contribution >= 4 is 56.6 Å². The van der Waals surface area contributed by atoms with Crippen LogP contribution in [0.4, 0.5) is 0 Å². The molecule has 0 saturated carbocycles. The van der Waals surface area contributed by atoms with E-state index in [0.717, 1.165) is 27.7 Å². The van der Waals surface area contributed by atoms with Crippen LogP contribution in [-0.4, -0.2) is 9.38 Å². The summed E-state index contributed by atoms with van der Waals surface area (Å²) in [7, 11) is 0. The minimum atomic E-state index is -0.0972. The third kappa shape index (κ3) is 3.06. The second kappa shape index (κ2) is 6.73. The summed E-state index contributed by atoms with van der Waals surface area (Å²) in [5.41, 5.74) is 4.52. The summed E-state index contributed by atoms with van der Waals surface area (Å²) in [5, 5.41) is 1.07. The third-order valence-corrected chi connectivity index (χ3v) is 6.29. The fourth-order valence-corrected chi connectivity index (χ4v) is 4.97. The van der Waals surface area contributed by atoms with E-state index in [1.807, 2.05) is 38.1 Å². The first-order valence-electron chi connectivity index (χ1n) is 8.90. The van der Waals surface area contributed by atoms with Crippen molar-refractivity contribution in [3.8, 4) is 11.3 Å². The molecule has 5 rings (SSSR count). The number of fused-ring (bicyclic) bond motifs is 3. The van der Waals surface area contributed by atoms with Crippen molar-refractivity contribution in [1.82, 2.24) is 9.38 Å². The average molecular weight is 441 g/mol. The molecular formula is C22H14Cl2N2O2S. The maximum atomic E-state index is 13.0. The van der Waals surface area contributed by atoms with Gasteiger partial charge in [-0.1, -0.05) is 40.6 Å². The third-order valence-electron chi connectivity index (χ3n) is 4.78. The Morgan fingerprint density at radius 3 is 2.72 bits per heavy atom. The highest BCUT2D eigenvalue weighted by Crippen LogP contribution is 2.31. The molecule has 2 aromatic carbocycles. The van der Waals surface area contributed by atoms with Gasteiger partial charge in [0.2, 0.25) is 0 Å². The van der Waals surface area contributed by atoms with E-state index in [1.54, 1.807) is 22.6 Å². The molecule has 0 unspecified atom stereocenters. The van der Waals surface area contributed by atoms with Gasteiger partial charge in [0.15, 0.2) is 4.96 Å². The molecule has 144 valence electrons. The van der Waals surface area contributed by atoms with Crippen molar-refractivity contribution in [1.29, 1.82) is 0 Å². The van der Waals surface area contributed by atoms with Crippen molar-refractivity contribution in [2.45, 2.75) is 13.8 Å². The Morgan fingerprint density at radius 1 is 1.10 bits per heavy atom. The lowest BCUT2D eigenvalue weighted by atomic mass is 10.1. The van der Waals surface area contributed by atoms with Crippen LogP contribution in [0.3, 0.4) is 0 Å². The Balaban J connectivity index is 1.64. The average Bonchev–Trinajstić information content (AvgIpc) is 3.32. The smallest absolute Gasteiger partial charge is 0.275 e. The van der Waals surface area contributed by atoms with Gasteiger partial charge in [0.05, 0.1) is 16.1 Å². The molecular weight excluding hydrogens is 427 g/mol. The highest BCUT2D eigenvalue weighted by atomic mass is 35.5. The lowest BCUT2D eigenvalue weighted by Crippen LogP contribution is -2.22. The standard InChI is InChI=1S/C22H14Cl2N2O2S/c1-11-7-12(2)20-17(8-11)26-21(27)19(29-22(26)25-20)10-14-4-6-18(28-14)15-5-3-13(23)9-16(15)24/h3-10H,1-2H3/b19-10-. The number of imidazole rings is 1. The zero-order valence-electron chi connectivity index (χ0n) is 15.5. The highest BCUT2D eigenvalue weighted by Gasteiger charge is 2.14. The zero-order valence-corrected chi connectivity index (χ0v) is 17.8. The number of hydrogen-bond acceptors (Lipinski definition) is 4. The molecule has 5 aromatic rings. The van der Waals surface area contributed by atoms with Crippen molar-refractivity contribution in [3.05, 3.63) is 84.3 Å². The maximum absolute atomic E-state index is 13.0. The van der Waals surface area contributed by atoms with Gasteiger partial charge >= 0.3 is 0 Å². The van der Waals surface area contributed by atoms with Gasteiger partial charge in [-0.3, -0.25) is 4.79 Å². The molecule has 0 radical (unpaired) electrons.